The topological polar surface area (TPSA) is 0 Å². The van der Waals surface area contributed by atoms with Gasteiger partial charge in [-0.3, -0.25) is 0 Å². The van der Waals surface area contributed by atoms with Gasteiger partial charge in [-0.25, -0.2) is 0 Å². The second-order valence-corrected chi connectivity index (χ2v) is 4.87. The summed E-state index contributed by atoms with van der Waals surface area (Å²) in [5.74, 6) is 3.97. The van der Waals surface area contributed by atoms with Crippen LogP contribution in [0.25, 0.3) is 0 Å². The maximum Gasteiger partial charge on any atom is -0.0154 e. The molecule has 1 radical (unpaired) electrons. The van der Waals surface area contributed by atoms with E-state index < -0.39 is 0 Å². The van der Waals surface area contributed by atoms with Crippen LogP contribution in [-0.2, 0) is 0 Å². The molecule has 0 amide bonds. The lowest BCUT2D eigenvalue weighted by atomic mass is 9.81. The van der Waals surface area contributed by atoms with Gasteiger partial charge in [0.2, 0.25) is 0 Å². The van der Waals surface area contributed by atoms with E-state index in [2.05, 4.69) is 12.2 Å². The van der Waals surface area contributed by atoms with E-state index in [0.717, 1.165) is 23.7 Å². The fraction of sp³-hybridized carbons (Fsp3) is 0.833. The van der Waals surface area contributed by atoms with E-state index >= 15 is 0 Å². The molecule has 2 bridgehead atoms. The van der Waals surface area contributed by atoms with Crippen molar-refractivity contribution in [2.75, 3.05) is 0 Å². The Morgan fingerprint density at radius 3 is 2.50 bits per heavy atom. The predicted octanol–water partition coefficient (Wildman–Crippen LogP) is 3.19. The molecule has 3 atom stereocenters. The highest BCUT2D eigenvalue weighted by Gasteiger charge is 2.40. The van der Waals surface area contributed by atoms with Gasteiger partial charge in [0.25, 0.3) is 0 Å². The van der Waals surface area contributed by atoms with Crippen LogP contribution in [0, 0.1) is 29.7 Å². The molecule has 65 valence electrons. The van der Waals surface area contributed by atoms with Crippen LogP contribution in [-0.4, -0.2) is 0 Å². The maximum absolute atomic E-state index is 3.48. The summed E-state index contributed by atoms with van der Waals surface area (Å²) in [5.41, 5.74) is 0. The first-order valence-electron chi connectivity index (χ1n) is 5.53. The molecule has 12 heavy (non-hydrogen) atoms. The lowest BCUT2D eigenvalue weighted by molar-refractivity contribution is 0.291. The second kappa shape index (κ2) is 2.61. The van der Waals surface area contributed by atoms with Crippen molar-refractivity contribution in [2.45, 2.75) is 38.5 Å². The van der Waals surface area contributed by atoms with Crippen molar-refractivity contribution < 1.29 is 0 Å². The highest BCUT2D eigenvalue weighted by atomic mass is 14.4. The average molecular weight is 161 g/mol. The highest BCUT2D eigenvalue weighted by Crippen LogP contribution is 2.50. The Balaban J connectivity index is 1.74. The molecular formula is C12H17. The SMILES string of the molecule is [C]1=CC2CC1CC2C1CCCC1. The summed E-state index contributed by atoms with van der Waals surface area (Å²) in [6.45, 7) is 0. The van der Waals surface area contributed by atoms with Crippen molar-refractivity contribution in [3.63, 3.8) is 0 Å². The Kier molecular flexibility index (Phi) is 1.56. The van der Waals surface area contributed by atoms with Crippen molar-refractivity contribution in [3.8, 4) is 0 Å². The van der Waals surface area contributed by atoms with E-state index in [4.69, 9.17) is 0 Å². The van der Waals surface area contributed by atoms with E-state index in [0.29, 0.717) is 0 Å². The van der Waals surface area contributed by atoms with Gasteiger partial charge >= 0.3 is 0 Å². The van der Waals surface area contributed by atoms with Crippen LogP contribution >= 0.6 is 0 Å². The molecule has 0 saturated heterocycles. The minimum atomic E-state index is 0.862. The van der Waals surface area contributed by atoms with Crippen LogP contribution in [0.1, 0.15) is 38.5 Å². The van der Waals surface area contributed by atoms with Crippen LogP contribution in [0.5, 0.6) is 0 Å². The van der Waals surface area contributed by atoms with Gasteiger partial charge in [-0.05, 0) is 42.6 Å². The Morgan fingerprint density at radius 2 is 1.92 bits per heavy atom. The molecule has 2 fully saturated rings. The van der Waals surface area contributed by atoms with Gasteiger partial charge in [0, 0.05) is 0 Å². The fourth-order valence-electron chi connectivity index (χ4n) is 3.62. The van der Waals surface area contributed by atoms with E-state index in [1.165, 1.54) is 38.5 Å². The molecule has 3 aliphatic rings. The Morgan fingerprint density at radius 1 is 1.08 bits per heavy atom. The third-order valence-corrected chi connectivity index (χ3v) is 4.21. The summed E-state index contributed by atoms with van der Waals surface area (Å²) in [5, 5.41) is 0. The molecule has 0 aromatic carbocycles. The van der Waals surface area contributed by atoms with Gasteiger partial charge in [0.1, 0.15) is 0 Å². The first kappa shape index (κ1) is 7.17. The molecule has 2 saturated carbocycles. The molecule has 3 aliphatic carbocycles. The third kappa shape index (κ3) is 0.967. The normalized spacial score (nSPS) is 46.2. The number of hydrogen-bond donors (Lipinski definition) is 0. The van der Waals surface area contributed by atoms with Gasteiger partial charge in [-0.1, -0.05) is 31.8 Å². The third-order valence-electron chi connectivity index (χ3n) is 4.21. The standard InChI is InChI=1S/C12H17/c1-2-4-10(3-1)12-8-9-5-6-11(12)7-9/h6,9-12H,1-4,7-8H2. The zero-order valence-corrected chi connectivity index (χ0v) is 7.63. The number of allylic oxidation sites excluding steroid dienone is 2. The monoisotopic (exact) mass is 161 g/mol. The molecule has 0 aliphatic heterocycles. The summed E-state index contributed by atoms with van der Waals surface area (Å²) in [7, 11) is 0. The molecule has 0 spiro atoms. The van der Waals surface area contributed by atoms with E-state index in [1.54, 1.807) is 0 Å². The molecule has 0 nitrogen and oxygen atoms in total. The minimum absolute atomic E-state index is 0.862. The van der Waals surface area contributed by atoms with Crippen LogP contribution in [0.15, 0.2) is 6.08 Å². The van der Waals surface area contributed by atoms with Crippen LogP contribution in [0.2, 0.25) is 0 Å². The molecule has 0 aromatic heterocycles. The van der Waals surface area contributed by atoms with Crippen molar-refractivity contribution in [1.82, 2.24) is 0 Å². The lowest BCUT2D eigenvalue weighted by Crippen LogP contribution is -2.16. The average Bonchev–Trinajstić information content (AvgIpc) is 2.81. The zero-order chi connectivity index (χ0) is 7.97. The summed E-state index contributed by atoms with van der Waals surface area (Å²) >= 11 is 0. The van der Waals surface area contributed by atoms with Crippen LogP contribution in [0.3, 0.4) is 0 Å². The minimum Gasteiger partial charge on any atom is -0.0773 e. The summed E-state index contributed by atoms with van der Waals surface area (Å²) in [4.78, 5) is 0. The van der Waals surface area contributed by atoms with Gasteiger partial charge in [0.05, 0.1) is 0 Å². The second-order valence-electron chi connectivity index (χ2n) is 4.87. The van der Waals surface area contributed by atoms with Crippen molar-refractivity contribution >= 4 is 0 Å². The molecular weight excluding hydrogens is 144 g/mol. The highest BCUT2D eigenvalue weighted by molar-refractivity contribution is 5.07. The quantitative estimate of drug-likeness (QED) is 0.554. The van der Waals surface area contributed by atoms with Crippen molar-refractivity contribution in [3.05, 3.63) is 12.2 Å². The number of hydrogen-bond acceptors (Lipinski definition) is 0. The Bertz CT molecular complexity index is 198. The summed E-state index contributed by atoms with van der Waals surface area (Å²) in [6, 6.07) is 0. The van der Waals surface area contributed by atoms with Crippen LogP contribution in [0.4, 0.5) is 0 Å². The number of fused-ring (bicyclic) bond motifs is 2. The summed E-state index contributed by atoms with van der Waals surface area (Å²) < 4.78 is 0. The van der Waals surface area contributed by atoms with E-state index in [9.17, 15) is 0 Å². The van der Waals surface area contributed by atoms with Gasteiger partial charge in [0.15, 0.2) is 0 Å². The molecule has 0 heteroatoms. The fourth-order valence-corrected chi connectivity index (χ4v) is 3.62. The molecule has 0 N–H and O–H groups in total. The van der Waals surface area contributed by atoms with Crippen molar-refractivity contribution in [2.24, 2.45) is 23.7 Å². The van der Waals surface area contributed by atoms with E-state index in [1.807, 2.05) is 0 Å². The van der Waals surface area contributed by atoms with Crippen molar-refractivity contribution in [1.29, 1.82) is 0 Å². The van der Waals surface area contributed by atoms with Gasteiger partial charge in [-0.15, -0.1) is 0 Å². The predicted molar refractivity (Wildman–Crippen MR) is 49.5 cm³/mol. The first-order chi connectivity index (χ1) is 5.93. The number of rotatable bonds is 1. The smallest absolute Gasteiger partial charge is 0.0154 e. The maximum atomic E-state index is 3.48. The van der Waals surface area contributed by atoms with Crippen LogP contribution < -0.4 is 0 Å². The molecule has 0 heterocycles. The molecule has 3 rings (SSSR count). The van der Waals surface area contributed by atoms with E-state index in [-0.39, 0.29) is 0 Å². The largest absolute Gasteiger partial charge is 0.0773 e. The Labute approximate surface area is 75.0 Å². The lowest BCUT2D eigenvalue weighted by Gasteiger charge is -2.24. The first-order valence-corrected chi connectivity index (χ1v) is 5.53. The summed E-state index contributed by atoms with van der Waals surface area (Å²) in [6.07, 6.45) is 14.9. The molecule has 0 aromatic rings. The Hall–Kier alpha value is -0.260. The van der Waals surface area contributed by atoms with Gasteiger partial charge in [-0.2, -0.15) is 0 Å². The van der Waals surface area contributed by atoms with Gasteiger partial charge < -0.3 is 0 Å². The molecule has 3 unspecified atom stereocenters. The zero-order valence-electron chi connectivity index (χ0n) is 7.63.